The summed E-state index contributed by atoms with van der Waals surface area (Å²) in [6.07, 6.45) is 3.03. The lowest BCUT2D eigenvalue weighted by Gasteiger charge is -2.24. The molecule has 0 spiro atoms. The maximum Gasteiger partial charge on any atom is 0.325 e. The van der Waals surface area contributed by atoms with Crippen LogP contribution in [-0.4, -0.2) is 82.6 Å². The Morgan fingerprint density at radius 2 is 1.67 bits per heavy atom. The standard InChI is InChI=1S/C18H30N4O7S/c1-10(18(28)29)20-16(26)13(7-9-30-2)22-17(27)12(5-6-14(23)24)21-15(25)11-4-3-8-19-11/h10-13,19H,3-9H2,1-2H3,(H,20,26)(H,21,25)(H,22,27)(H,23,24)(H,28,29). The Kier molecular flexibility index (Phi) is 11.2. The lowest BCUT2D eigenvalue weighted by Crippen LogP contribution is -2.57. The zero-order valence-electron chi connectivity index (χ0n) is 17.1. The molecule has 1 saturated heterocycles. The van der Waals surface area contributed by atoms with Crippen LogP contribution in [0, 0.1) is 0 Å². The van der Waals surface area contributed by atoms with Gasteiger partial charge in [-0.05, 0) is 51.2 Å². The van der Waals surface area contributed by atoms with Gasteiger partial charge in [0.1, 0.15) is 18.1 Å². The fraction of sp³-hybridized carbons (Fsp3) is 0.722. The average Bonchev–Trinajstić information content (AvgIpc) is 3.22. The predicted octanol–water partition coefficient (Wildman–Crippen LogP) is -1.08. The van der Waals surface area contributed by atoms with Crippen LogP contribution >= 0.6 is 11.8 Å². The first kappa shape index (κ1) is 25.7. The van der Waals surface area contributed by atoms with E-state index in [4.69, 9.17) is 10.2 Å². The molecule has 170 valence electrons. The molecule has 0 bridgehead atoms. The number of carbonyl (C=O) groups excluding carboxylic acids is 3. The third-order valence-electron chi connectivity index (χ3n) is 4.63. The first-order valence-corrected chi connectivity index (χ1v) is 11.1. The van der Waals surface area contributed by atoms with Crippen LogP contribution in [0.1, 0.15) is 39.0 Å². The molecule has 1 aliphatic rings. The maximum absolute atomic E-state index is 12.8. The zero-order valence-corrected chi connectivity index (χ0v) is 17.9. The second kappa shape index (κ2) is 13.1. The second-order valence-electron chi connectivity index (χ2n) is 7.05. The van der Waals surface area contributed by atoms with E-state index in [0.29, 0.717) is 18.7 Å². The number of rotatable bonds is 13. The normalized spacial score (nSPS) is 18.7. The SMILES string of the molecule is CSCCC(NC(=O)C(CCC(=O)O)NC(=O)C1CCCN1)C(=O)NC(C)C(=O)O. The summed E-state index contributed by atoms with van der Waals surface area (Å²) in [5, 5.41) is 28.3. The van der Waals surface area contributed by atoms with E-state index in [0.717, 1.165) is 6.42 Å². The Hall–Kier alpha value is -2.34. The summed E-state index contributed by atoms with van der Waals surface area (Å²) in [5.41, 5.74) is 0. The van der Waals surface area contributed by atoms with Gasteiger partial charge in [-0.25, -0.2) is 0 Å². The van der Waals surface area contributed by atoms with Crippen LogP contribution in [0.15, 0.2) is 0 Å². The molecule has 1 aliphatic heterocycles. The van der Waals surface area contributed by atoms with Gasteiger partial charge in [0.25, 0.3) is 0 Å². The van der Waals surface area contributed by atoms with E-state index in [2.05, 4.69) is 21.3 Å². The molecule has 1 heterocycles. The summed E-state index contributed by atoms with van der Waals surface area (Å²) in [7, 11) is 0. The number of amides is 3. The van der Waals surface area contributed by atoms with Crippen LogP contribution in [-0.2, 0) is 24.0 Å². The highest BCUT2D eigenvalue weighted by atomic mass is 32.2. The van der Waals surface area contributed by atoms with Gasteiger partial charge in [-0.2, -0.15) is 11.8 Å². The van der Waals surface area contributed by atoms with Crippen LogP contribution in [0.5, 0.6) is 0 Å². The molecule has 12 heteroatoms. The quantitative estimate of drug-likeness (QED) is 0.205. The molecular formula is C18H30N4O7S. The van der Waals surface area contributed by atoms with Crippen LogP contribution in [0.25, 0.3) is 0 Å². The van der Waals surface area contributed by atoms with Gasteiger partial charge in [0, 0.05) is 6.42 Å². The van der Waals surface area contributed by atoms with Crippen molar-refractivity contribution < 1.29 is 34.2 Å². The third-order valence-corrected chi connectivity index (χ3v) is 5.27. The third kappa shape index (κ3) is 8.99. The predicted molar refractivity (Wildman–Crippen MR) is 110 cm³/mol. The molecule has 0 radical (unpaired) electrons. The molecule has 11 nitrogen and oxygen atoms in total. The molecule has 0 aromatic carbocycles. The van der Waals surface area contributed by atoms with Gasteiger partial charge in [-0.1, -0.05) is 0 Å². The van der Waals surface area contributed by atoms with Crippen molar-refractivity contribution in [1.29, 1.82) is 0 Å². The minimum Gasteiger partial charge on any atom is -0.481 e. The molecule has 1 fully saturated rings. The van der Waals surface area contributed by atoms with E-state index in [1.165, 1.54) is 18.7 Å². The smallest absolute Gasteiger partial charge is 0.325 e. The second-order valence-corrected chi connectivity index (χ2v) is 8.04. The first-order valence-electron chi connectivity index (χ1n) is 9.73. The number of carboxylic acids is 2. The molecule has 30 heavy (non-hydrogen) atoms. The molecule has 4 atom stereocenters. The minimum atomic E-state index is -1.21. The van der Waals surface area contributed by atoms with E-state index in [-0.39, 0.29) is 19.3 Å². The Balaban J connectivity index is 2.84. The number of carboxylic acid groups (broad SMARTS) is 2. The molecule has 0 saturated carbocycles. The summed E-state index contributed by atoms with van der Waals surface area (Å²) in [6, 6.07) is -3.72. The topological polar surface area (TPSA) is 174 Å². The molecule has 0 aliphatic carbocycles. The van der Waals surface area contributed by atoms with E-state index in [1.807, 2.05) is 6.26 Å². The van der Waals surface area contributed by atoms with E-state index < -0.39 is 53.8 Å². The summed E-state index contributed by atoms with van der Waals surface area (Å²) >= 11 is 1.45. The molecule has 4 unspecified atom stereocenters. The summed E-state index contributed by atoms with van der Waals surface area (Å²) in [4.78, 5) is 59.5. The summed E-state index contributed by atoms with van der Waals surface area (Å²) in [6.45, 7) is 1.99. The lowest BCUT2D eigenvalue weighted by atomic mass is 10.1. The van der Waals surface area contributed by atoms with Crippen molar-refractivity contribution in [3.8, 4) is 0 Å². The van der Waals surface area contributed by atoms with Crippen molar-refractivity contribution in [3.05, 3.63) is 0 Å². The number of nitrogens with one attached hydrogen (secondary N) is 4. The van der Waals surface area contributed by atoms with Crippen molar-refractivity contribution >= 4 is 41.4 Å². The monoisotopic (exact) mass is 446 g/mol. The molecule has 1 rings (SSSR count). The zero-order chi connectivity index (χ0) is 22.7. The van der Waals surface area contributed by atoms with E-state index in [1.54, 1.807) is 0 Å². The van der Waals surface area contributed by atoms with Gasteiger partial charge in [0.05, 0.1) is 6.04 Å². The van der Waals surface area contributed by atoms with Crippen LogP contribution < -0.4 is 21.3 Å². The molecule has 0 aromatic rings. The molecule has 3 amide bonds. The van der Waals surface area contributed by atoms with Gasteiger partial charge in [-0.15, -0.1) is 0 Å². The van der Waals surface area contributed by atoms with Gasteiger partial charge >= 0.3 is 11.9 Å². The minimum absolute atomic E-state index is 0.137. The fourth-order valence-electron chi connectivity index (χ4n) is 2.87. The summed E-state index contributed by atoms with van der Waals surface area (Å²) in [5.74, 6) is -3.55. The van der Waals surface area contributed by atoms with Crippen molar-refractivity contribution in [3.63, 3.8) is 0 Å². The van der Waals surface area contributed by atoms with Gasteiger partial charge in [0.15, 0.2) is 0 Å². The van der Waals surface area contributed by atoms with Crippen molar-refractivity contribution in [1.82, 2.24) is 21.3 Å². The average molecular weight is 447 g/mol. The highest BCUT2D eigenvalue weighted by Crippen LogP contribution is 2.08. The number of thioether (sulfide) groups is 1. The van der Waals surface area contributed by atoms with Crippen LogP contribution in [0.3, 0.4) is 0 Å². The fourth-order valence-corrected chi connectivity index (χ4v) is 3.34. The largest absolute Gasteiger partial charge is 0.481 e. The molecule has 0 aromatic heterocycles. The highest BCUT2D eigenvalue weighted by Gasteiger charge is 2.30. The Labute approximate surface area is 179 Å². The first-order chi connectivity index (χ1) is 14.1. The Morgan fingerprint density at radius 1 is 1.03 bits per heavy atom. The van der Waals surface area contributed by atoms with E-state index >= 15 is 0 Å². The van der Waals surface area contributed by atoms with E-state index in [9.17, 15) is 24.0 Å². The number of hydrogen-bond acceptors (Lipinski definition) is 7. The summed E-state index contributed by atoms with van der Waals surface area (Å²) < 4.78 is 0. The Morgan fingerprint density at radius 3 is 2.20 bits per heavy atom. The van der Waals surface area contributed by atoms with Gasteiger partial charge in [0.2, 0.25) is 17.7 Å². The number of hydrogen-bond donors (Lipinski definition) is 6. The molecule has 6 N–H and O–H groups in total. The van der Waals surface area contributed by atoms with Crippen LogP contribution in [0.2, 0.25) is 0 Å². The van der Waals surface area contributed by atoms with Crippen molar-refractivity contribution in [2.24, 2.45) is 0 Å². The number of carbonyl (C=O) groups is 5. The van der Waals surface area contributed by atoms with Gasteiger partial charge in [-0.3, -0.25) is 24.0 Å². The lowest BCUT2D eigenvalue weighted by molar-refractivity contribution is -0.141. The van der Waals surface area contributed by atoms with Crippen molar-refractivity contribution in [2.45, 2.75) is 63.2 Å². The Bertz CT molecular complexity index is 640. The molecular weight excluding hydrogens is 416 g/mol. The number of aliphatic carboxylic acids is 2. The van der Waals surface area contributed by atoms with Gasteiger partial charge < -0.3 is 31.5 Å². The maximum atomic E-state index is 12.8. The highest BCUT2D eigenvalue weighted by molar-refractivity contribution is 7.98. The van der Waals surface area contributed by atoms with Crippen molar-refractivity contribution in [2.75, 3.05) is 18.6 Å². The van der Waals surface area contributed by atoms with Crippen LogP contribution in [0.4, 0.5) is 0 Å².